The third-order valence-corrected chi connectivity index (χ3v) is 4.04. The van der Waals surface area contributed by atoms with E-state index in [1.807, 2.05) is 18.4 Å². The molecule has 0 bridgehead atoms. The zero-order valence-electron chi connectivity index (χ0n) is 13.0. The molecule has 0 saturated carbocycles. The van der Waals surface area contributed by atoms with Gasteiger partial charge in [-0.05, 0) is 43.0 Å². The third kappa shape index (κ3) is 4.11. The summed E-state index contributed by atoms with van der Waals surface area (Å²) in [6.45, 7) is 1.80. The number of carbonyl (C=O) groups excluding carboxylic acids is 2. The Morgan fingerprint density at radius 1 is 1.04 bits per heavy atom. The molecular weight excluding hydrogens is 330 g/mol. The van der Waals surface area contributed by atoms with Crippen LogP contribution in [0, 0.1) is 17.0 Å². The molecule has 124 valence electrons. The molecule has 0 aromatic heterocycles. The number of thioether (sulfide) groups is 1. The molecule has 0 aliphatic carbocycles. The van der Waals surface area contributed by atoms with E-state index >= 15 is 0 Å². The Morgan fingerprint density at radius 2 is 1.67 bits per heavy atom. The van der Waals surface area contributed by atoms with Gasteiger partial charge in [-0.15, -0.1) is 11.8 Å². The Bertz CT molecular complexity index is 790. The first-order valence-corrected chi connectivity index (χ1v) is 8.14. The van der Waals surface area contributed by atoms with Gasteiger partial charge in [0.05, 0.1) is 4.92 Å². The Morgan fingerprint density at radius 3 is 2.25 bits per heavy atom. The highest BCUT2D eigenvalue weighted by Crippen LogP contribution is 2.19. The van der Waals surface area contributed by atoms with E-state index in [9.17, 15) is 19.7 Å². The molecule has 2 rings (SSSR count). The van der Waals surface area contributed by atoms with Crippen LogP contribution < -0.4 is 10.9 Å². The average Bonchev–Trinajstić information content (AvgIpc) is 2.59. The van der Waals surface area contributed by atoms with Crippen LogP contribution in [0.2, 0.25) is 0 Å². The van der Waals surface area contributed by atoms with Gasteiger partial charge in [-0.1, -0.05) is 6.07 Å². The molecule has 2 amide bonds. The number of nitro benzene ring substituents is 1. The molecule has 2 N–H and O–H groups in total. The average molecular weight is 345 g/mol. The van der Waals surface area contributed by atoms with Gasteiger partial charge in [0.15, 0.2) is 0 Å². The van der Waals surface area contributed by atoms with Crippen LogP contribution in [-0.2, 0) is 0 Å². The highest BCUT2D eigenvalue weighted by Gasteiger charge is 2.13. The standard InChI is InChI=1S/C16H15N3O4S/c1-10-3-8-13(24-2)9-14(10)16(21)18-17-15(20)11-4-6-12(7-5-11)19(22)23/h3-9H,1-2H3,(H,17,20)(H,18,21). The maximum absolute atomic E-state index is 12.2. The van der Waals surface area contributed by atoms with Crippen molar-refractivity contribution in [2.75, 3.05) is 6.26 Å². The third-order valence-electron chi connectivity index (χ3n) is 3.32. The van der Waals surface area contributed by atoms with Crippen molar-refractivity contribution in [1.82, 2.24) is 10.9 Å². The lowest BCUT2D eigenvalue weighted by Crippen LogP contribution is -2.41. The highest BCUT2D eigenvalue weighted by atomic mass is 32.2. The lowest BCUT2D eigenvalue weighted by molar-refractivity contribution is -0.384. The number of nitrogens with zero attached hydrogens (tertiary/aromatic N) is 1. The van der Waals surface area contributed by atoms with Crippen molar-refractivity contribution in [3.05, 3.63) is 69.3 Å². The molecule has 2 aromatic rings. The number of benzene rings is 2. The van der Waals surface area contributed by atoms with Gasteiger partial charge in [0.1, 0.15) is 0 Å². The number of carbonyl (C=O) groups is 2. The van der Waals surface area contributed by atoms with Crippen molar-refractivity contribution in [2.45, 2.75) is 11.8 Å². The molecule has 0 unspecified atom stereocenters. The molecular formula is C16H15N3O4S. The van der Waals surface area contributed by atoms with Gasteiger partial charge in [-0.25, -0.2) is 0 Å². The van der Waals surface area contributed by atoms with Gasteiger partial charge in [-0.3, -0.25) is 30.6 Å². The van der Waals surface area contributed by atoms with Gasteiger partial charge in [0, 0.05) is 28.2 Å². The van der Waals surface area contributed by atoms with Crippen molar-refractivity contribution >= 4 is 29.3 Å². The summed E-state index contributed by atoms with van der Waals surface area (Å²) in [6.07, 6.45) is 1.91. The van der Waals surface area contributed by atoms with Crippen LogP contribution in [0.3, 0.4) is 0 Å². The summed E-state index contributed by atoms with van der Waals surface area (Å²) in [6, 6.07) is 10.6. The lowest BCUT2D eigenvalue weighted by Gasteiger charge is -2.10. The van der Waals surface area contributed by atoms with Crippen LogP contribution in [0.25, 0.3) is 0 Å². The number of hydrazine groups is 1. The second kappa shape index (κ2) is 7.60. The fourth-order valence-corrected chi connectivity index (χ4v) is 2.40. The molecule has 0 aliphatic heterocycles. The van der Waals surface area contributed by atoms with E-state index in [0.29, 0.717) is 5.56 Å². The molecule has 24 heavy (non-hydrogen) atoms. The topological polar surface area (TPSA) is 101 Å². The van der Waals surface area contributed by atoms with E-state index in [-0.39, 0.29) is 11.3 Å². The summed E-state index contributed by atoms with van der Waals surface area (Å²) in [5.74, 6) is -0.990. The number of rotatable bonds is 4. The maximum Gasteiger partial charge on any atom is 0.270 e. The van der Waals surface area contributed by atoms with Crippen LogP contribution in [-0.4, -0.2) is 23.0 Å². The van der Waals surface area contributed by atoms with E-state index in [4.69, 9.17) is 0 Å². The quantitative estimate of drug-likeness (QED) is 0.504. The summed E-state index contributed by atoms with van der Waals surface area (Å²) in [5.41, 5.74) is 5.98. The molecule has 0 fully saturated rings. The molecule has 0 aliphatic rings. The number of non-ortho nitro benzene ring substituents is 1. The molecule has 2 aromatic carbocycles. The van der Waals surface area contributed by atoms with Crippen molar-refractivity contribution in [1.29, 1.82) is 0 Å². The summed E-state index contributed by atoms with van der Waals surface area (Å²) in [7, 11) is 0. The zero-order valence-corrected chi connectivity index (χ0v) is 13.8. The number of amides is 2. The molecule has 7 nitrogen and oxygen atoms in total. The SMILES string of the molecule is CSc1ccc(C)c(C(=O)NNC(=O)c2ccc([N+](=O)[O-])cc2)c1. The van der Waals surface area contributed by atoms with Gasteiger partial charge < -0.3 is 0 Å². The highest BCUT2D eigenvalue weighted by molar-refractivity contribution is 7.98. The van der Waals surface area contributed by atoms with Crippen molar-refractivity contribution in [3.63, 3.8) is 0 Å². The number of nitro groups is 1. The van der Waals surface area contributed by atoms with Crippen LogP contribution in [0.1, 0.15) is 26.3 Å². The number of hydrogen-bond acceptors (Lipinski definition) is 5. The predicted molar refractivity (Wildman–Crippen MR) is 91.0 cm³/mol. The second-order valence-corrected chi connectivity index (χ2v) is 5.77. The first-order chi connectivity index (χ1) is 11.4. The minimum atomic E-state index is -0.558. The van der Waals surface area contributed by atoms with Gasteiger partial charge in [0.2, 0.25) is 0 Å². The van der Waals surface area contributed by atoms with Crippen molar-refractivity contribution in [2.24, 2.45) is 0 Å². The smallest absolute Gasteiger partial charge is 0.267 e. The summed E-state index contributed by atoms with van der Waals surface area (Å²) < 4.78 is 0. The Balaban J connectivity index is 2.03. The first-order valence-electron chi connectivity index (χ1n) is 6.92. The number of aryl methyl sites for hydroxylation is 1. The number of hydrogen-bond donors (Lipinski definition) is 2. The fraction of sp³-hybridized carbons (Fsp3) is 0.125. The molecule has 8 heteroatoms. The Labute approximate surface area is 142 Å². The van der Waals surface area contributed by atoms with E-state index in [1.165, 1.54) is 36.0 Å². The summed E-state index contributed by atoms with van der Waals surface area (Å²) in [4.78, 5) is 35.1. The monoisotopic (exact) mass is 345 g/mol. The first kappa shape index (κ1) is 17.5. The van der Waals surface area contributed by atoms with Gasteiger partial charge in [-0.2, -0.15) is 0 Å². The maximum atomic E-state index is 12.2. The Hall–Kier alpha value is -2.87. The molecule has 0 spiro atoms. The predicted octanol–water partition coefficient (Wildman–Crippen LogP) is 2.70. The van der Waals surface area contributed by atoms with Gasteiger partial charge in [0.25, 0.3) is 17.5 Å². The lowest BCUT2D eigenvalue weighted by atomic mass is 10.1. The Kier molecular flexibility index (Phi) is 5.54. The van der Waals surface area contributed by atoms with E-state index in [1.54, 1.807) is 13.0 Å². The van der Waals surface area contributed by atoms with Crippen molar-refractivity contribution < 1.29 is 14.5 Å². The zero-order chi connectivity index (χ0) is 17.7. The molecule has 0 heterocycles. The number of nitrogens with one attached hydrogen (secondary N) is 2. The summed E-state index contributed by atoms with van der Waals surface area (Å²) >= 11 is 1.51. The van der Waals surface area contributed by atoms with Gasteiger partial charge >= 0.3 is 0 Å². The van der Waals surface area contributed by atoms with Crippen molar-refractivity contribution in [3.8, 4) is 0 Å². The largest absolute Gasteiger partial charge is 0.270 e. The van der Waals surface area contributed by atoms with E-state index in [0.717, 1.165) is 10.5 Å². The molecule has 0 atom stereocenters. The van der Waals surface area contributed by atoms with E-state index < -0.39 is 16.7 Å². The molecule has 0 radical (unpaired) electrons. The van der Waals surface area contributed by atoms with E-state index in [2.05, 4.69) is 10.9 Å². The van der Waals surface area contributed by atoms with Crippen LogP contribution >= 0.6 is 11.8 Å². The van der Waals surface area contributed by atoms with Crippen LogP contribution in [0.4, 0.5) is 5.69 Å². The fourth-order valence-electron chi connectivity index (χ4n) is 1.96. The van der Waals surface area contributed by atoms with Crippen LogP contribution in [0.5, 0.6) is 0 Å². The molecule has 0 saturated heterocycles. The minimum absolute atomic E-state index is 0.111. The minimum Gasteiger partial charge on any atom is -0.267 e. The summed E-state index contributed by atoms with van der Waals surface area (Å²) in [5, 5.41) is 10.6. The second-order valence-electron chi connectivity index (χ2n) is 4.89. The normalized spacial score (nSPS) is 10.1. The van der Waals surface area contributed by atoms with Crippen LogP contribution in [0.15, 0.2) is 47.4 Å².